The molecule has 0 aliphatic heterocycles. The van der Waals surface area contributed by atoms with E-state index in [1.165, 1.54) is 13.2 Å². The molecule has 0 spiro atoms. The van der Waals surface area contributed by atoms with Crippen LogP contribution in [-0.4, -0.2) is 20.2 Å². The third kappa shape index (κ3) is 2.78. The summed E-state index contributed by atoms with van der Waals surface area (Å²) in [6, 6.07) is 4.85. The molecule has 0 aromatic heterocycles. The summed E-state index contributed by atoms with van der Waals surface area (Å²) in [6.45, 7) is 1.90. The summed E-state index contributed by atoms with van der Waals surface area (Å²) in [5.74, 6) is -0.347. The molecule has 1 rings (SSSR count). The second kappa shape index (κ2) is 5.39. The number of rotatable bonds is 4. The number of nitriles is 1. The van der Waals surface area contributed by atoms with E-state index in [-0.39, 0.29) is 11.8 Å². The topological polar surface area (TPSA) is 62.3 Å². The van der Waals surface area contributed by atoms with E-state index in [0.717, 1.165) is 0 Å². The Bertz CT molecular complexity index is 442. The van der Waals surface area contributed by atoms with E-state index in [9.17, 15) is 4.39 Å². The molecule has 0 bridgehead atoms. The van der Waals surface area contributed by atoms with Crippen molar-refractivity contribution in [2.45, 2.75) is 19.4 Å². The number of nitrogen functional groups attached to an aromatic ring is 1. The molecule has 5 heteroatoms. The monoisotopic (exact) mass is 237 g/mol. The van der Waals surface area contributed by atoms with Crippen molar-refractivity contribution in [3.8, 4) is 11.8 Å². The van der Waals surface area contributed by atoms with Gasteiger partial charge in [-0.3, -0.25) is 0 Å². The van der Waals surface area contributed by atoms with Gasteiger partial charge in [-0.05, 0) is 6.92 Å². The van der Waals surface area contributed by atoms with Crippen molar-refractivity contribution in [1.82, 2.24) is 0 Å². The van der Waals surface area contributed by atoms with Crippen LogP contribution in [-0.2, 0) is 0 Å². The molecule has 92 valence electrons. The first kappa shape index (κ1) is 13.1. The smallest absolute Gasteiger partial charge is 0.167 e. The summed E-state index contributed by atoms with van der Waals surface area (Å²) >= 11 is 0. The molecule has 0 heterocycles. The summed E-state index contributed by atoms with van der Waals surface area (Å²) in [5.41, 5.74) is 6.75. The van der Waals surface area contributed by atoms with Crippen molar-refractivity contribution in [3.05, 3.63) is 17.9 Å². The third-order valence-corrected chi connectivity index (χ3v) is 2.73. The molecule has 17 heavy (non-hydrogen) atoms. The van der Waals surface area contributed by atoms with Gasteiger partial charge in [0.25, 0.3) is 0 Å². The first-order valence-corrected chi connectivity index (χ1v) is 5.24. The molecule has 0 aliphatic rings. The average molecular weight is 237 g/mol. The van der Waals surface area contributed by atoms with E-state index in [1.807, 2.05) is 18.9 Å². The number of ether oxygens (including phenoxy) is 1. The molecule has 0 saturated carbocycles. The molecule has 2 N–H and O–H groups in total. The van der Waals surface area contributed by atoms with Crippen LogP contribution in [0, 0.1) is 17.1 Å². The van der Waals surface area contributed by atoms with Crippen LogP contribution in [0.4, 0.5) is 15.8 Å². The van der Waals surface area contributed by atoms with Crippen molar-refractivity contribution in [3.63, 3.8) is 0 Å². The molecular weight excluding hydrogens is 221 g/mol. The maximum atomic E-state index is 13.4. The fraction of sp³-hybridized carbons (Fsp3) is 0.417. The van der Waals surface area contributed by atoms with Crippen LogP contribution < -0.4 is 15.4 Å². The van der Waals surface area contributed by atoms with Crippen LogP contribution in [0.2, 0.25) is 0 Å². The zero-order valence-corrected chi connectivity index (χ0v) is 10.2. The van der Waals surface area contributed by atoms with E-state index < -0.39 is 5.82 Å². The molecule has 0 aliphatic carbocycles. The zero-order chi connectivity index (χ0) is 13.0. The van der Waals surface area contributed by atoms with Gasteiger partial charge in [0.15, 0.2) is 11.6 Å². The highest BCUT2D eigenvalue weighted by molar-refractivity contribution is 5.70. The van der Waals surface area contributed by atoms with Crippen LogP contribution in [0.3, 0.4) is 0 Å². The van der Waals surface area contributed by atoms with Crippen molar-refractivity contribution in [1.29, 1.82) is 5.26 Å². The molecule has 4 nitrogen and oxygen atoms in total. The first-order valence-electron chi connectivity index (χ1n) is 5.24. The standard InChI is InChI=1S/C12H16FN3O/c1-8(4-5-14)16(2)11-7-12(17-3)9(13)6-10(11)15/h6-8H,4,15H2,1-3H3. The fourth-order valence-electron chi connectivity index (χ4n) is 1.53. The van der Waals surface area contributed by atoms with Gasteiger partial charge in [0, 0.05) is 25.2 Å². The molecule has 0 amide bonds. The predicted molar refractivity (Wildman–Crippen MR) is 65.5 cm³/mol. The van der Waals surface area contributed by atoms with Crippen LogP contribution in [0.15, 0.2) is 12.1 Å². The Labute approximate surface area is 100 Å². The maximum absolute atomic E-state index is 13.4. The van der Waals surface area contributed by atoms with Crippen molar-refractivity contribution >= 4 is 11.4 Å². The van der Waals surface area contributed by atoms with Gasteiger partial charge in [0.2, 0.25) is 0 Å². The minimum absolute atomic E-state index is 0.00235. The van der Waals surface area contributed by atoms with Gasteiger partial charge in [-0.25, -0.2) is 4.39 Å². The van der Waals surface area contributed by atoms with Gasteiger partial charge >= 0.3 is 0 Å². The first-order chi connectivity index (χ1) is 8.01. The van der Waals surface area contributed by atoms with Gasteiger partial charge in [-0.1, -0.05) is 0 Å². The second-order valence-electron chi connectivity index (χ2n) is 3.87. The number of halogens is 1. The predicted octanol–water partition coefficient (Wildman–Crippen LogP) is 2.15. The molecule has 0 radical (unpaired) electrons. The van der Waals surface area contributed by atoms with Gasteiger partial charge in [-0.15, -0.1) is 0 Å². The van der Waals surface area contributed by atoms with Gasteiger partial charge in [-0.2, -0.15) is 5.26 Å². The molecule has 1 atom stereocenters. The number of nitrogens with zero attached hydrogens (tertiary/aromatic N) is 2. The lowest BCUT2D eigenvalue weighted by Crippen LogP contribution is -2.29. The lowest BCUT2D eigenvalue weighted by Gasteiger charge is -2.27. The quantitative estimate of drug-likeness (QED) is 0.815. The highest BCUT2D eigenvalue weighted by atomic mass is 19.1. The largest absolute Gasteiger partial charge is 0.494 e. The summed E-state index contributed by atoms with van der Waals surface area (Å²) in [4.78, 5) is 1.83. The Morgan fingerprint density at radius 1 is 1.59 bits per heavy atom. The maximum Gasteiger partial charge on any atom is 0.167 e. The summed E-state index contributed by atoms with van der Waals surface area (Å²) in [7, 11) is 3.21. The molecule has 1 unspecified atom stereocenters. The summed E-state index contributed by atoms with van der Waals surface area (Å²) in [6.07, 6.45) is 0.371. The Morgan fingerprint density at radius 3 is 2.76 bits per heavy atom. The summed E-state index contributed by atoms with van der Waals surface area (Å²) < 4.78 is 18.3. The van der Waals surface area contributed by atoms with Crippen LogP contribution in [0.5, 0.6) is 5.75 Å². The lowest BCUT2D eigenvalue weighted by molar-refractivity contribution is 0.386. The second-order valence-corrected chi connectivity index (χ2v) is 3.87. The molecular formula is C12H16FN3O. The van der Waals surface area contributed by atoms with Gasteiger partial charge < -0.3 is 15.4 Å². The summed E-state index contributed by atoms with van der Waals surface area (Å²) in [5, 5.41) is 8.65. The van der Waals surface area contributed by atoms with Gasteiger partial charge in [0.05, 0.1) is 31.0 Å². The van der Waals surface area contributed by atoms with Gasteiger partial charge in [0.1, 0.15) is 0 Å². The molecule has 1 aromatic carbocycles. The Morgan fingerprint density at radius 2 is 2.24 bits per heavy atom. The normalized spacial score (nSPS) is 11.7. The van der Waals surface area contributed by atoms with Crippen molar-refractivity contribution < 1.29 is 9.13 Å². The lowest BCUT2D eigenvalue weighted by atomic mass is 10.1. The van der Waals surface area contributed by atoms with E-state index in [4.69, 9.17) is 15.7 Å². The van der Waals surface area contributed by atoms with Crippen molar-refractivity contribution in [2.75, 3.05) is 24.8 Å². The van der Waals surface area contributed by atoms with E-state index in [0.29, 0.717) is 17.8 Å². The van der Waals surface area contributed by atoms with E-state index >= 15 is 0 Å². The minimum atomic E-state index is -0.491. The fourth-order valence-corrected chi connectivity index (χ4v) is 1.53. The number of hydrogen-bond donors (Lipinski definition) is 1. The number of benzene rings is 1. The van der Waals surface area contributed by atoms with Crippen LogP contribution in [0.25, 0.3) is 0 Å². The Kier molecular flexibility index (Phi) is 4.16. The van der Waals surface area contributed by atoms with Crippen molar-refractivity contribution in [2.24, 2.45) is 0 Å². The zero-order valence-electron chi connectivity index (χ0n) is 10.2. The SMILES string of the molecule is COc1cc(N(C)C(C)CC#N)c(N)cc1F. The Hall–Kier alpha value is -1.96. The highest BCUT2D eigenvalue weighted by Crippen LogP contribution is 2.31. The number of hydrogen-bond acceptors (Lipinski definition) is 4. The van der Waals surface area contributed by atoms with E-state index in [2.05, 4.69) is 6.07 Å². The van der Waals surface area contributed by atoms with Crippen LogP contribution >= 0.6 is 0 Å². The number of methoxy groups -OCH3 is 1. The minimum Gasteiger partial charge on any atom is -0.494 e. The number of nitrogens with two attached hydrogens (primary N) is 1. The average Bonchev–Trinajstić information content (AvgIpc) is 2.29. The highest BCUT2D eigenvalue weighted by Gasteiger charge is 2.15. The van der Waals surface area contributed by atoms with Crippen LogP contribution in [0.1, 0.15) is 13.3 Å². The Balaban J connectivity index is 3.09. The molecule has 0 saturated heterocycles. The molecule has 1 aromatic rings. The van der Waals surface area contributed by atoms with E-state index in [1.54, 1.807) is 6.07 Å². The third-order valence-electron chi connectivity index (χ3n) is 2.73. The molecule has 0 fully saturated rings. The number of anilines is 2.